The number of hydrogen-bond donors (Lipinski definition) is 0. The highest BCUT2D eigenvalue weighted by Gasteiger charge is 2.30. The maximum Gasteiger partial charge on any atom is 0.200 e. The molecule has 0 aromatic rings. The van der Waals surface area contributed by atoms with Gasteiger partial charge in [-0.05, 0) is 5.92 Å². The van der Waals surface area contributed by atoms with Crippen LogP contribution in [0.3, 0.4) is 0 Å². The van der Waals surface area contributed by atoms with Gasteiger partial charge in [-0.3, -0.25) is 0 Å². The van der Waals surface area contributed by atoms with Gasteiger partial charge < -0.3 is 16.9 Å². The molecule has 1 atom stereocenters. The minimum Gasteiger partial charge on any atom is -1.00 e. The fraction of sp³-hybridized carbons (Fsp3) is 0.833. The van der Waals surface area contributed by atoms with Crippen LogP contribution < -0.4 is 12.4 Å². The van der Waals surface area contributed by atoms with Gasteiger partial charge in [-0.25, -0.2) is 0 Å². The van der Waals surface area contributed by atoms with E-state index >= 15 is 0 Å². The van der Waals surface area contributed by atoms with Crippen molar-refractivity contribution in [3.05, 3.63) is 0 Å². The zero-order valence-electron chi connectivity index (χ0n) is 10.4. The van der Waals surface area contributed by atoms with Crippen LogP contribution in [0.25, 0.3) is 0 Å². The molecule has 15 heavy (non-hydrogen) atoms. The first-order valence-corrected chi connectivity index (χ1v) is 6.50. The van der Waals surface area contributed by atoms with Crippen LogP contribution in [-0.2, 0) is 0 Å². The van der Waals surface area contributed by atoms with Crippen LogP contribution >= 0.6 is 22.6 Å². The normalized spacial score (nSPS) is 13.5. The Labute approximate surface area is 115 Å². The van der Waals surface area contributed by atoms with Crippen LogP contribution in [0, 0.1) is 24.2 Å². The van der Waals surface area contributed by atoms with E-state index in [0.717, 1.165) is 17.6 Å². The minimum absolute atomic E-state index is 0. The molecule has 0 radical (unpaired) electrons. The molecule has 0 aliphatic heterocycles. The Morgan fingerprint density at radius 1 is 1.13 bits per heavy atom. The lowest BCUT2D eigenvalue weighted by molar-refractivity contribution is -0.913. The van der Waals surface area contributed by atoms with Gasteiger partial charge in [-0.1, -0.05) is 27.7 Å². The third kappa shape index (κ3) is 6.65. The number of quaternary nitrogens is 1. The Balaban J connectivity index is 0. The van der Waals surface area contributed by atoms with Gasteiger partial charge in [0, 0.05) is 34.4 Å². The van der Waals surface area contributed by atoms with Crippen molar-refractivity contribution in [2.24, 2.45) is 11.8 Å². The van der Waals surface area contributed by atoms with Crippen molar-refractivity contribution in [1.82, 2.24) is 0 Å². The van der Waals surface area contributed by atoms with Crippen molar-refractivity contribution in [2.45, 2.75) is 31.7 Å². The molecule has 0 saturated carbocycles. The van der Waals surface area contributed by atoms with Gasteiger partial charge >= 0.3 is 0 Å². The summed E-state index contributed by atoms with van der Waals surface area (Å²) < 4.78 is 1.28. The van der Waals surface area contributed by atoms with Crippen molar-refractivity contribution in [1.29, 1.82) is 0 Å². The number of halogens is 2. The summed E-state index contributed by atoms with van der Waals surface area (Å²) in [6.45, 7) is 11.4. The molecule has 0 fully saturated rings. The molecule has 0 amide bonds. The highest BCUT2D eigenvalue weighted by atomic mass is 127. The number of alkyl halides is 1. The number of rotatable bonds is 5. The molecule has 90 valence electrons. The van der Waals surface area contributed by atoms with Crippen molar-refractivity contribution >= 4 is 22.6 Å². The Morgan fingerprint density at radius 2 is 1.47 bits per heavy atom. The van der Waals surface area contributed by atoms with Crippen LogP contribution in [0.2, 0.25) is 0 Å². The summed E-state index contributed by atoms with van der Waals surface area (Å²) in [6.07, 6.45) is 5.54. The van der Waals surface area contributed by atoms with Crippen molar-refractivity contribution < 1.29 is 16.9 Å². The largest absolute Gasteiger partial charge is 1.00 e. The Bertz CT molecular complexity index is 198. The maximum absolute atomic E-state index is 5.54. The molecule has 0 bridgehead atoms. The fourth-order valence-corrected chi connectivity index (χ4v) is 2.56. The summed E-state index contributed by atoms with van der Waals surface area (Å²) in [7, 11) is 2.27. The SMILES string of the molecule is C#CC(I)[N+](C)(CC(C)C)CC(C)C.[Cl-]. The van der Waals surface area contributed by atoms with E-state index < -0.39 is 0 Å². The Hall–Kier alpha value is 0.540. The second-order valence-electron chi connectivity index (χ2n) is 5.13. The van der Waals surface area contributed by atoms with E-state index in [4.69, 9.17) is 6.42 Å². The van der Waals surface area contributed by atoms with Crippen molar-refractivity contribution in [3.8, 4) is 12.3 Å². The summed E-state index contributed by atoms with van der Waals surface area (Å²) in [4.78, 5) is 0. The topological polar surface area (TPSA) is 0 Å². The maximum atomic E-state index is 5.54. The first-order chi connectivity index (χ1) is 6.31. The first-order valence-electron chi connectivity index (χ1n) is 5.26. The Kier molecular flexibility index (Phi) is 9.26. The van der Waals surface area contributed by atoms with Crippen LogP contribution in [0.15, 0.2) is 0 Å². The summed E-state index contributed by atoms with van der Waals surface area (Å²) in [5.41, 5.74) is 0. The second kappa shape index (κ2) is 7.76. The van der Waals surface area contributed by atoms with Gasteiger partial charge in [0.1, 0.15) is 0 Å². The standard InChI is InChI=1S/C12H23IN.ClH/c1-7-12(13)14(6,8-10(2)3)9-11(4)5;/h1,10-12H,8-9H2,2-6H3;1H/q+1;/p-1. The molecule has 0 aromatic carbocycles. The Morgan fingerprint density at radius 3 is 1.67 bits per heavy atom. The van der Waals surface area contributed by atoms with Gasteiger partial charge in [0.2, 0.25) is 0 Å². The van der Waals surface area contributed by atoms with Crippen molar-refractivity contribution in [2.75, 3.05) is 20.1 Å². The smallest absolute Gasteiger partial charge is 0.200 e. The fourth-order valence-electron chi connectivity index (χ4n) is 2.11. The minimum atomic E-state index is 0. The summed E-state index contributed by atoms with van der Waals surface area (Å²) in [5.74, 6) is 4.27. The molecule has 1 nitrogen and oxygen atoms in total. The van der Waals surface area contributed by atoms with E-state index in [1.807, 2.05) is 0 Å². The molecular weight excluding hydrogens is 320 g/mol. The summed E-state index contributed by atoms with van der Waals surface area (Å²) in [6, 6.07) is 0. The zero-order chi connectivity index (χ0) is 11.4. The predicted molar refractivity (Wildman–Crippen MR) is 72.2 cm³/mol. The van der Waals surface area contributed by atoms with Crippen LogP contribution in [0.4, 0.5) is 0 Å². The second-order valence-corrected chi connectivity index (χ2v) is 6.31. The molecule has 0 rings (SSSR count). The molecule has 0 N–H and O–H groups in total. The van der Waals surface area contributed by atoms with Crippen LogP contribution in [0.1, 0.15) is 27.7 Å². The summed E-state index contributed by atoms with van der Waals surface area (Å²) in [5, 5.41) is 0. The van der Waals surface area contributed by atoms with E-state index in [9.17, 15) is 0 Å². The highest BCUT2D eigenvalue weighted by molar-refractivity contribution is 14.1. The lowest BCUT2D eigenvalue weighted by Crippen LogP contribution is -3.00. The summed E-state index contributed by atoms with van der Waals surface area (Å²) >= 11 is 2.39. The lowest BCUT2D eigenvalue weighted by Gasteiger charge is -2.39. The molecule has 0 aromatic heterocycles. The number of hydrogen-bond acceptors (Lipinski definition) is 0. The van der Waals surface area contributed by atoms with Gasteiger partial charge in [-0.2, -0.15) is 0 Å². The third-order valence-corrected chi connectivity index (χ3v) is 3.95. The monoisotopic (exact) mass is 343 g/mol. The quantitative estimate of drug-likeness (QED) is 0.219. The predicted octanol–water partition coefficient (Wildman–Crippen LogP) is 0.143. The average molecular weight is 344 g/mol. The lowest BCUT2D eigenvalue weighted by atomic mass is 10.1. The first kappa shape index (κ1) is 17.9. The molecule has 0 heterocycles. The van der Waals surface area contributed by atoms with E-state index in [2.05, 4.69) is 63.3 Å². The third-order valence-electron chi connectivity index (χ3n) is 2.25. The molecule has 0 aliphatic carbocycles. The molecular formula is C12H23ClIN. The molecule has 0 aliphatic rings. The molecule has 0 saturated heterocycles. The van der Waals surface area contributed by atoms with E-state index in [0.29, 0.717) is 11.8 Å². The van der Waals surface area contributed by atoms with Crippen molar-refractivity contribution in [3.63, 3.8) is 0 Å². The van der Waals surface area contributed by atoms with Gasteiger partial charge in [0.15, 0.2) is 4.05 Å². The number of nitrogens with zero attached hydrogens (tertiary/aromatic N) is 1. The van der Waals surface area contributed by atoms with Gasteiger partial charge in [0.25, 0.3) is 0 Å². The molecule has 3 heteroatoms. The van der Waals surface area contributed by atoms with Crippen LogP contribution in [-0.4, -0.2) is 28.7 Å². The van der Waals surface area contributed by atoms with E-state index in [-0.39, 0.29) is 16.5 Å². The highest BCUT2D eigenvalue weighted by Crippen LogP contribution is 2.21. The van der Waals surface area contributed by atoms with Crippen LogP contribution in [0.5, 0.6) is 0 Å². The van der Waals surface area contributed by atoms with E-state index in [1.54, 1.807) is 0 Å². The molecule has 0 spiro atoms. The zero-order valence-corrected chi connectivity index (χ0v) is 13.3. The van der Waals surface area contributed by atoms with Gasteiger partial charge in [-0.15, -0.1) is 6.42 Å². The number of terminal acetylenes is 1. The van der Waals surface area contributed by atoms with E-state index in [1.165, 1.54) is 0 Å². The average Bonchev–Trinajstić information content (AvgIpc) is 1.99. The molecule has 1 unspecified atom stereocenters. The van der Waals surface area contributed by atoms with Gasteiger partial charge in [0.05, 0.1) is 20.1 Å².